The van der Waals surface area contributed by atoms with E-state index in [1.807, 2.05) is 41.8 Å². The van der Waals surface area contributed by atoms with E-state index in [9.17, 15) is 14.4 Å². The third kappa shape index (κ3) is 7.84. The minimum absolute atomic E-state index is 0.00880. The SMILES string of the molecule is CCCCCN1C(=O)C(C)(C)Oc2ccc(N(C(=O)[C@H]3CNC[C@@H](C(=O)N[C@@H](CCOC)CC(C)C)C3)C3CC3)cc21. The number of methoxy groups -OCH3 is 1. The molecule has 9 heteroatoms. The van der Waals surface area contributed by atoms with Crippen molar-refractivity contribution in [3.05, 3.63) is 18.2 Å². The number of nitrogens with zero attached hydrogens (tertiary/aromatic N) is 2. The Labute approximate surface area is 252 Å². The van der Waals surface area contributed by atoms with Crippen LogP contribution in [0.1, 0.15) is 86.0 Å². The Kier molecular flexibility index (Phi) is 10.9. The number of hydrogen-bond donors (Lipinski definition) is 2. The highest BCUT2D eigenvalue weighted by Gasteiger charge is 2.43. The van der Waals surface area contributed by atoms with Crippen LogP contribution in [0.3, 0.4) is 0 Å². The molecule has 0 radical (unpaired) electrons. The number of carbonyl (C=O) groups excluding carboxylic acids is 3. The Bertz CT molecular complexity index is 1100. The van der Waals surface area contributed by atoms with Gasteiger partial charge in [-0.25, -0.2) is 0 Å². The average molecular weight is 585 g/mol. The summed E-state index contributed by atoms with van der Waals surface area (Å²) in [4.78, 5) is 44.6. The van der Waals surface area contributed by atoms with Gasteiger partial charge in [0.1, 0.15) is 5.75 Å². The normalized spacial score (nSPS) is 22.4. The van der Waals surface area contributed by atoms with Gasteiger partial charge in [-0.1, -0.05) is 33.6 Å². The third-order valence-electron chi connectivity index (χ3n) is 8.61. The van der Waals surface area contributed by atoms with E-state index in [1.165, 1.54) is 0 Å². The number of nitrogens with one attached hydrogen (secondary N) is 2. The van der Waals surface area contributed by atoms with Crippen molar-refractivity contribution in [3.63, 3.8) is 0 Å². The maximum Gasteiger partial charge on any atom is 0.270 e. The van der Waals surface area contributed by atoms with Crippen molar-refractivity contribution in [2.45, 2.75) is 104 Å². The number of ether oxygens (including phenoxy) is 2. The van der Waals surface area contributed by atoms with Gasteiger partial charge in [0.2, 0.25) is 11.8 Å². The first-order valence-electron chi connectivity index (χ1n) is 16.0. The number of benzene rings is 1. The van der Waals surface area contributed by atoms with E-state index in [-0.39, 0.29) is 41.6 Å². The number of unbranched alkanes of at least 4 members (excludes halogenated alkanes) is 2. The molecule has 0 spiro atoms. The fraction of sp³-hybridized carbons (Fsp3) is 0.727. The van der Waals surface area contributed by atoms with Gasteiger partial charge in [-0.2, -0.15) is 0 Å². The number of anilines is 2. The van der Waals surface area contributed by atoms with Gasteiger partial charge in [0.25, 0.3) is 5.91 Å². The number of fused-ring (bicyclic) bond motifs is 1. The lowest BCUT2D eigenvalue weighted by molar-refractivity contribution is -0.132. The van der Waals surface area contributed by atoms with E-state index in [0.29, 0.717) is 44.3 Å². The van der Waals surface area contributed by atoms with Crippen molar-refractivity contribution in [3.8, 4) is 5.75 Å². The fourth-order valence-corrected chi connectivity index (χ4v) is 6.22. The molecule has 1 saturated heterocycles. The second kappa shape index (κ2) is 14.2. The molecular weight excluding hydrogens is 532 g/mol. The minimum atomic E-state index is -0.937. The molecule has 234 valence electrons. The van der Waals surface area contributed by atoms with Crippen molar-refractivity contribution in [2.24, 2.45) is 17.8 Å². The van der Waals surface area contributed by atoms with Crippen LogP contribution in [-0.4, -0.2) is 68.8 Å². The zero-order valence-corrected chi connectivity index (χ0v) is 26.5. The first kappa shape index (κ1) is 32.3. The zero-order chi connectivity index (χ0) is 30.4. The summed E-state index contributed by atoms with van der Waals surface area (Å²) in [5.74, 6) is 0.561. The van der Waals surface area contributed by atoms with E-state index in [4.69, 9.17) is 9.47 Å². The molecular formula is C33H52N4O5. The summed E-state index contributed by atoms with van der Waals surface area (Å²) in [6.45, 7) is 12.4. The highest BCUT2D eigenvalue weighted by atomic mass is 16.5. The molecule has 3 atom stereocenters. The molecule has 3 amide bonds. The highest BCUT2D eigenvalue weighted by Crippen LogP contribution is 2.43. The van der Waals surface area contributed by atoms with Crippen LogP contribution in [0.25, 0.3) is 0 Å². The van der Waals surface area contributed by atoms with Crippen molar-refractivity contribution >= 4 is 29.1 Å². The van der Waals surface area contributed by atoms with Gasteiger partial charge in [0, 0.05) is 51.1 Å². The summed E-state index contributed by atoms with van der Waals surface area (Å²) >= 11 is 0. The van der Waals surface area contributed by atoms with E-state index < -0.39 is 5.60 Å². The molecule has 0 aromatic heterocycles. The molecule has 1 aromatic carbocycles. The van der Waals surface area contributed by atoms with Gasteiger partial charge in [-0.15, -0.1) is 0 Å². The number of amides is 3. The van der Waals surface area contributed by atoms with Gasteiger partial charge < -0.3 is 29.9 Å². The second-order valence-corrected chi connectivity index (χ2v) is 13.3. The first-order valence-corrected chi connectivity index (χ1v) is 16.0. The molecule has 4 rings (SSSR count). The van der Waals surface area contributed by atoms with Crippen LogP contribution in [0, 0.1) is 17.8 Å². The molecule has 1 aliphatic carbocycles. The molecule has 2 heterocycles. The predicted molar refractivity (Wildman–Crippen MR) is 166 cm³/mol. The van der Waals surface area contributed by atoms with Gasteiger partial charge >= 0.3 is 0 Å². The number of piperidine rings is 1. The van der Waals surface area contributed by atoms with E-state index in [2.05, 4.69) is 31.4 Å². The maximum atomic E-state index is 14.1. The molecule has 1 aromatic rings. The molecule has 1 saturated carbocycles. The van der Waals surface area contributed by atoms with Crippen LogP contribution in [0.2, 0.25) is 0 Å². The summed E-state index contributed by atoms with van der Waals surface area (Å²) in [7, 11) is 1.68. The van der Waals surface area contributed by atoms with Gasteiger partial charge in [0.15, 0.2) is 5.60 Å². The first-order chi connectivity index (χ1) is 20.1. The van der Waals surface area contributed by atoms with Crippen LogP contribution < -0.4 is 25.2 Å². The molecule has 0 unspecified atom stereocenters. The second-order valence-electron chi connectivity index (χ2n) is 13.3. The summed E-state index contributed by atoms with van der Waals surface area (Å²) < 4.78 is 11.4. The lowest BCUT2D eigenvalue weighted by Crippen LogP contribution is -2.53. The van der Waals surface area contributed by atoms with Crippen LogP contribution in [0.5, 0.6) is 5.75 Å². The molecule has 0 bridgehead atoms. The monoisotopic (exact) mass is 584 g/mol. The maximum absolute atomic E-state index is 14.1. The largest absolute Gasteiger partial charge is 0.476 e. The number of rotatable bonds is 14. The molecule has 2 N–H and O–H groups in total. The van der Waals surface area contributed by atoms with Crippen molar-refractivity contribution in [1.82, 2.24) is 10.6 Å². The van der Waals surface area contributed by atoms with Crippen molar-refractivity contribution in [1.29, 1.82) is 0 Å². The summed E-state index contributed by atoms with van der Waals surface area (Å²) in [5, 5.41) is 6.61. The summed E-state index contributed by atoms with van der Waals surface area (Å²) in [6, 6.07) is 6.00. The van der Waals surface area contributed by atoms with Gasteiger partial charge in [-0.05, 0) is 76.5 Å². The fourth-order valence-electron chi connectivity index (χ4n) is 6.22. The lowest BCUT2D eigenvalue weighted by Gasteiger charge is -2.40. The van der Waals surface area contributed by atoms with E-state index >= 15 is 0 Å². The van der Waals surface area contributed by atoms with Crippen molar-refractivity contribution < 1.29 is 23.9 Å². The quantitative estimate of drug-likeness (QED) is 0.309. The Balaban J connectivity index is 1.51. The molecule has 2 aliphatic heterocycles. The predicted octanol–water partition coefficient (Wildman–Crippen LogP) is 4.67. The van der Waals surface area contributed by atoms with Crippen LogP contribution in [0.15, 0.2) is 18.2 Å². The molecule has 9 nitrogen and oxygen atoms in total. The van der Waals surface area contributed by atoms with E-state index in [0.717, 1.165) is 56.3 Å². The van der Waals surface area contributed by atoms with Crippen LogP contribution >= 0.6 is 0 Å². The third-order valence-corrected chi connectivity index (χ3v) is 8.61. The molecule has 3 aliphatic rings. The van der Waals surface area contributed by atoms with E-state index in [1.54, 1.807) is 7.11 Å². The smallest absolute Gasteiger partial charge is 0.270 e. The summed E-state index contributed by atoms with van der Waals surface area (Å²) in [6.07, 6.45) is 7.11. The Morgan fingerprint density at radius 1 is 1.19 bits per heavy atom. The van der Waals surface area contributed by atoms with Crippen molar-refractivity contribution in [2.75, 3.05) is 43.2 Å². The standard InChI is InChI=1S/C33H52N4O5/c1-7-8-9-15-36-28-19-27(12-13-29(28)42-33(4,5)32(36)40)37(26-10-11-26)31(39)24-18-23(20-34-21-24)30(38)35-25(14-16-41-6)17-22(2)3/h12-13,19,22-26,34H,7-11,14-18,20-21H2,1-6H3,(H,35,38)/t23-,24+,25-/m0/s1. The lowest BCUT2D eigenvalue weighted by atomic mass is 9.88. The highest BCUT2D eigenvalue weighted by molar-refractivity contribution is 6.04. The number of hydrogen-bond acceptors (Lipinski definition) is 6. The zero-order valence-electron chi connectivity index (χ0n) is 26.5. The van der Waals surface area contributed by atoms with Crippen LogP contribution in [-0.2, 0) is 19.1 Å². The minimum Gasteiger partial charge on any atom is -0.476 e. The Morgan fingerprint density at radius 3 is 2.60 bits per heavy atom. The Morgan fingerprint density at radius 2 is 1.93 bits per heavy atom. The topological polar surface area (TPSA) is 100 Å². The molecule has 42 heavy (non-hydrogen) atoms. The van der Waals surface area contributed by atoms with Gasteiger partial charge in [0.05, 0.1) is 17.5 Å². The summed E-state index contributed by atoms with van der Waals surface area (Å²) in [5.41, 5.74) is 0.590. The van der Waals surface area contributed by atoms with Crippen LogP contribution in [0.4, 0.5) is 11.4 Å². The molecule has 2 fully saturated rings. The number of carbonyl (C=O) groups is 3. The Hall–Kier alpha value is -2.65. The average Bonchev–Trinajstić information content (AvgIpc) is 3.79. The van der Waals surface area contributed by atoms with Gasteiger partial charge in [-0.3, -0.25) is 14.4 Å².